The summed E-state index contributed by atoms with van der Waals surface area (Å²) in [5, 5.41) is 17.6. The molecule has 0 saturated heterocycles. The highest BCUT2D eigenvalue weighted by molar-refractivity contribution is 6.04. The maximum Gasteiger partial charge on any atom is 0.294 e. The Morgan fingerprint density at radius 2 is 1.96 bits per heavy atom. The number of aliphatic hydroxyl groups is 1. The predicted octanol–water partition coefficient (Wildman–Crippen LogP) is 2.19. The lowest BCUT2D eigenvalue weighted by Gasteiger charge is -2.21. The average molecular weight is 371 g/mol. The van der Waals surface area contributed by atoms with Gasteiger partial charge in [-0.05, 0) is 56.7 Å². The van der Waals surface area contributed by atoms with Gasteiger partial charge < -0.3 is 25.8 Å². The minimum atomic E-state index is -0.739. The second-order valence-electron chi connectivity index (χ2n) is 7.20. The molecule has 1 aliphatic carbocycles. The Labute approximate surface area is 158 Å². The molecule has 2 aliphatic rings. The van der Waals surface area contributed by atoms with Crippen molar-refractivity contribution in [3.05, 3.63) is 53.7 Å². The van der Waals surface area contributed by atoms with E-state index in [1.165, 1.54) is 5.56 Å². The van der Waals surface area contributed by atoms with Crippen molar-refractivity contribution in [3.63, 3.8) is 0 Å². The summed E-state index contributed by atoms with van der Waals surface area (Å²) >= 11 is 0. The van der Waals surface area contributed by atoms with Gasteiger partial charge in [-0.25, -0.2) is 0 Å². The number of rotatable bonds is 5. The van der Waals surface area contributed by atoms with Crippen molar-refractivity contribution in [2.24, 2.45) is 0 Å². The Morgan fingerprint density at radius 1 is 1.26 bits per heavy atom. The maximum atomic E-state index is 12.4. The third-order valence-electron chi connectivity index (χ3n) is 4.71. The molecule has 2 amide bonds. The van der Waals surface area contributed by atoms with Gasteiger partial charge in [0.2, 0.25) is 5.76 Å². The van der Waals surface area contributed by atoms with Crippen molar-refractivity contribution >= 4 is 11.8 Å². The van der Waals surface area contributed by atoms with Crippen LogP contribution in [-0.4, -0.2) is 29.1 Å². The average Bonchev–Trinajstić information content (AvgIpc) is 3.06. The highest BCUT2D eigenvalue weighted by Crippen LogP contribution is 2.35. The van der Waals surface area contributed by atoms with Crippen molar-refractivity contribution in [2.45, 2.75) is 51.2 Å². The molecule has 2 atom stereocenters. The van der Waals surface area contributed by atoms with E-state index in [1.54, 1.807) is 0 Å². The molecule has 7 nitrogen and oxygen atoms in total. The molecule has 2 unspecified atom stereocenters. The zero-order chi connectivity index (χ0) is 19.6. The number of nitrogens with one attached hydrogen (secondary N) is 3. The van der Waals surface area contributed by atoms with Crippen LogP contribution in [0, 0.1) is 0 Å². The molecule has 3 rings (SSSR count). The monoisotopic (exact) mass is 371 g/mol. The number of hydrogen-bond acceptors (Lipinski definition) is 5. The summed E-state index contributed by atoms with van der Waals surface area (Å²) in [6, 6.07) is 8.06. The van der Waals surface area contributed by atoms with Gasteiger partial charge in [0.05, 0.1) is 6.10 Å². The first kappa shape index (κ1) is 18.8. The number of ether oxygens (including phenoxy) is 1. The summed E-state index contributed by atoms with van der Waals surface area (Å²) in [6.45, 7) is 7.54. The van der Waals surface area contributed by atoms with Crippen molar-refractivity contribution in [1.82, 2.24) is 16.0 Å². The van der Waals surface area contributed by atoms with Gasteiger partial charge in [0, 0.05) is 6.04 Å². The van der Waals surface area contributed by atoms with E-state index in [4.69, 9.17) is 4.74 Å². The van der Waals surface area contributed by atoms with Gasteiger partial charge in [-0.1, -0.05) is 18.7 Å². The lowest BCUT2D eigenvalue weighted by molar-refractivity contribution is -0.123. The van der Waals surface area contributed by atoms with Gasteiger partial charge in [-0.15, -0.1) is 0 Å². The Kier molecular flexibility index (Phi) is 5.39. The van der Waals surface area contributed by atoms with Crippen LogP contribution in [0.25, 0.3) is 0 Å². The van der Waals surface area contributed by atoms with Crippen molar-refractivity contribution in [1.29, 1.82) is 0 Å². The molecule has 1 fully saturated rings. The third-order valence-corrected chi connectivity index (χ3v) is 4.71. The summed E-state index contributed by atoms with van der Waals surface area (Å²) in [6.07, 6.45) is 2.74. The number of amides is 2. The summed E-state index contributed by atoms with van der Waals surface area (Å²) < 4.78 is 5.67. The SMILES string of the molecule is C=C1NC(=O)C(O)=C(C(=O)NC2CCC(c3ccc(OC(C)C)cc3)C2)N1. The van der Waals surface area contributed by atoms with E-state index >= 15 is 0 Å². The molecular formula is C20H25N3O4. The number of hydrogen-bond donors (Lipinski definition) is 4. The Bertz CT molecular complexity index is 783. The molecule has 1 aliphatic heterocycles. The molecule has 1 saturated carbocycles. The van der Waals surface area contributed by atoms with Crippen LogP contribution >= 0.6 is 0 Å². The van der Waals surface area contributed by atoms with Crippen molar-refractivity contribution < 1.29 is 19.4 Å². The molecule has 0 aromatic heterocycles. The van der Waals surface area contributed by atoms with Gasteiger partial charge in [0.25, 0.3) is 11.8 Å². The topological polar surface area (TPSA) is 99.7 Å². The Hall–Kier alpha value is -2.96. The van der Waals surface area contributed by atoms with Gasteiger partial charge in [-0.3, -0.25) is 9.59 Å². The first-order chi connectivity index (χ1) is 12.8. The standard InChI is InChI=1S/C20H25N3O4/c1-11(2)27-16-8-5-13(6-9-16)14-4-7-15(10-14)23-19(25)17-18(24)20(26)22-12(3)21-17/h5-6,8-9,11,14-15,21,24H,3-4,7,10H2,1-2H3,(H,22,26)(H,23,25). The number of carbonyl (C=O) groups excluding carboxylic acids is 2. The Balaban J connectivity index is 1.60. The predicted molar refractivity (Wildman–Crippen MR) is 101 cm³/mol. The zero-order valence-electron chi connectivity index (χ0n) is 15.5. The summed E-state index contributed by atoms with van der Waals surface area (Å²) in [4.78, 5) is 24.0. The maximum absolute atomic E-state index is 12.4. The number of aliphatic hydroxyl groups excluding tert-OH is 1. The molecule has 27 heavy (non-hydrogen) atoms. The number of carbonyl (C=O) groups is 2. The molecular weight excluding hydrogens is 346 g/mol. The Morgan fingerprint density at radius 3 is 2.63 bits per heavy atom. The number of benzene rings is 1. The highest BCUT2D eigenvalue weighted by Gasteiger charge is 2.31. The quantitative estimate of drug-likeness (QED) is 0.636. The van der Waals surface area contributed by atoms with E-state index in [0.717, 1.165) is 25.0 Å². The van der Waals surface area contributed by atoms with Gasteiger partial charge >= 0.3 is 0 Å². The first-order valence-electron chi connectivity index (χ1n) is 9.11. The second-order valence-corrected chi connectivity index (χ2v) is 7.20. The third kappa shape index (κ3) is 4.42. The lowest BCUT2D eigenvalue weighted by Crippen LogP contribution is -2.45. The molecule has 0 bridgehead atoms. The van der Waals surface area contributed by atoms with Crippen LogP contribution in [0.15, 0.2) is 48.1 Å². The van der Waals surface area contributed by atoms with E-state index in [2.05, 4.69) is 34.7 Å². The fourth-order valence-electron chi connectivity index (χ4n) is 3.48. The first-order valence-corrected chi connectivity index (χ1v) is 9.11. The fourth-order valence-corrected chi connectivity index (χ4v) is 3.48. The second kappa shape index (κ2) is 7.73. The van der Waals surface area contributed by atoms with Crippen molar-refractivity contribution in [3.8, 4) is 5.75 Å². The van der Waals surface area contributed by atoms with E-state index in [1.807, 2.05) is 26.0 Å². The van der Waals surface area contributed by atoms with Crippen LogP contribution in [0.5, 0.6) is 5.75 Å². The molecule has 1 heterocycles. The normalized spacial score (nSPS) is 22.5. The molecule has 7 heteroatoms. The minimum Gasteiger partial charge on any atom is -0.501 e. The van der Waals surface area contributed by atoms with Gasteiger partial charge in [-0.2, -0.15) is 0 Å². The van der Waals surface area contributed by atoms with E-state index in [9.17, 15) is 14.7 Å². The van der Waals surface area contributed by atoms with E-state index < -0.39 is 17.6 Å². The smallest absolute Gasteiger partial charge is 0.294 e. The van der Waals surface area contributed by atoms with E-state index in [-0.39, 0.29) is 23.7 Å². The molecule has 1 aromatic rings. The van der Waals surface area contributed by atoms with Gasteiger partial charge in [0.15, 0.2) is 5.70 Å². The van der Waals surface area contributed by atoms with Crippen LogP contribution in [0.2, 0.25) is 0 Å². The minimum absolute atomic E-state index is 0.0190. The van der Waals surface area contributed by atoms with Gasteiger partial charge in [0.1, 0.15) is 11.6 Å². The largest absolute Gasteiger partial charge is 0.501 e. The van der Waals surface area contributed by atoms with Crippen LogP contribution in [0.4, 0.5) is 0 Å². The van der Waals surface area contributed by atoms with Crippen LogP contribution in [0.3, 0.4) is 0 Å². The fraction of sp³-hybridized carbons (Fsp3) is 0.400. The molecule has 0 spiro atoms. The summed E-state index contributed by atoms with van der Waals surface area (Å²) in [5.74, 6) is -0.512. The van der Waals surface area contributed by atoms with Crippen molar-refractivity contribution in [2.75, 3.05) is 0 Å². The van der Waals surface area contributed by atoms with E-state index in [0.29, 0.717) is 5.92 Å². The summed E-state index contributed by atoms with van der Waals surface area (Å²) in [5.41, 5.74) is 1.05. The molecule has 0 radical (unpaired) electrons. The highest BCUT2D eigenvalue weighted by atomic mass is 16.5. The summed E-state index contributed by atoms with van der Waals surface area (Å²) in [7, 11) is 0. The molecule has 4 N–H and O–H groups in total. The van der Waals surface area contributed by atoms with Crippen LogP contribution in [0.1, 0.15) is 44.6 Å². The van der Waals surface area contributed by atoms with Crippen LogP contribution < -0.4 is 20.7 Å². The molecule has 144 valence electrons. The van der Waals surface area contributed by atoms with Crippen LogP contribution in [-0.2, 0) is 9.59 Å². The molecule has 1 aromatic carbocycles. The lowest BCUT2D eigenvalue weighted by atomic mass is 9.97. The zero-order valence-corrected chi connectivity index (χ0v) is 15.5.